The summed E-state index contributed by atoms with van der Waals surface area (Å²) in [6.07, 6.45) is 1.87. The number of hydrogen-bond donors (Lipinski definition) is 0. The van der Waals surface area contributed by atoms with E-state index >= 15 is 0 Å². The average molecular weight is 617 g/mol. The molecule has 4 heterocycles. The standard InChI is InChI=1S/C42H24N4S/c43-25-26-21-28(24-30(22-26)45-35-15-4-1-11-31(35)32-12-2-5-16-36(32)45)27-9-7-10-29(23-27)46-37-18-19-39-41(33-13-3-6-17-38(33)47-39)40(37)34-14-8-20-44-42(34)46/h1-24H. The molecule has 218 valence electrons. The van der Waals surface area contributed by atoms with Gasteiger partial charge in [0.15, 0.2) is 0 Å². The predicted molar refractivity (Wildman–Crippen MR) is 196 cm³/mol. The van der Waals surface area contributed by atoms with Crippen molar-refractivity contribution in [2.45, 2.75) is 0 Å². The Labute approximate surface area is 273 Å². The molecule has 0 spiro atoms. The molecule has 0 fully saturated rings. The maximum absolute atomic E-state index is 10.2. The SMILES string of the molecule is N#Cc1cc(-c2cccc(-n3c4ccc5sc6ccccc6c5c4c4cccnc43)c2)cc(-n2c3ccccc3c3ccccc32)c1. The van der Waals surface area contributed by atoms with Gasteiger partial charge in [-0.2, -0.15) is 5.26 Å². The minimum absolute atomic E-state index is 0.620. The summed E-state index contributed by atoms with van der Waals surface area (Å²) in [6.45, 7) is 0. The first kappa shape index (κ1) is 26.0. The van der Waals surface area contributed by atoms with E-state index in [-0.39, 0.29) is 0 Å². The van der Waals surface area contributed by atoms with Crippen LogP contribution in [-0.4, -0.2) is 14.1 Å². The molecule has 0 bridgehead atoms. The van der Waals surface area contributed by atoms with Gasteiger partial charge in [0.25, 0.3) is 0 Å². The summed E-state index contributed by atoms with van der Waals surface area (Å²) in [6, 6.07) is 51.5. The van der Waals surface area contributed by atoms with Crippen molar-refractivity contribution < 1.29 is 0 Å². The monoisotopic (exact) mass is 616 g/mol. The smallest absolute Gasteiger partial charge is 0.145 e. The zero-order valence-corrected chi connectivity index (χ0v) is 25.9. The summed E-state index contributed by atoms with van der Waals surface area (Å²) >= 11 is 1.84. The van der Waals surface area contributed by atoms with Gasteiger partial charge in [0, 0.05) is 59.3 Å². The van der Waals surface area contributed by atoms with E-state index < -0.39 is 0 Å². The van der Waals surface area contributed by atoms with Gasteiger partial charge in [0.2, 0.25) is 0 Å². The molecule has 4 aromatic heterocycles. The van der Waals surface area contributed by atoms with Crippen LogP contribution in [0.15, 0.2) is 146 Å². The fraction of sp³-hybridized carbons (Fsp3) is 0. The van der Waals surface area contributed by atoms with Crippen LogP contribution < -0.4 is 0 Å². The second-order valence-electron chi connectivity index (χ2n) is 11.9. The molecule has 0 aliphatic heterocycles. The molecule has 10 rings (SSSR count). The number of nitrogens with zero attached hydrogens (tertiary/aromatic N) is 4. The zero-order valence-electron chi connectivity index (χ0n) is 25.1. The molecule has 0 saturated heterocycles. The average Bonchev–Trinajstić information content (AvgIpc) is 3.79. The summed E-state index contributed by atoms with van der Waals surface area (Å²) in [5.41, 5.74) is 8.93. The first-order chi connectivity index (χ1) is 23.3. The van der Waals surface area contributed by atoms with E-state index in [4.69, 9.17) is 4.98 Å². The van der Waals surface area contributed by atoms with Crippen molar-refractivity contribution in [3.8, 4) is 28.6 Å². The Morgan fingerprint density at radius 2 is 1.23 bits per heavy atom. The molecule has 5 heteroatoms. The van der Waals surface area contributed by atoms with E-state index in [1.807, 2.05) is 35.7 Å². The number of benzene rings is 6. The lowest BCUT2D eigenvalue weighted by molar-refractivity contribution is 1.14. The van der Waals surface area contributed by atoms with Crippen molar-refractivity contribution in [2.24, 2.45) is 0 Å². The van der Waals surface area contributed by atoms with E-state index in [1.165, 1.54) is 36.3 Å². The first-order valence-corrected chi connectivity index (χ1v) is 16.4. The molecule has 0 atom stereocenters. The molecular formula is C42H24N4S. The van der Waals surface area contributed by atoms with Gasteiger partial charge in [-0.1, -0.05) is 66.7 Å². The second-order valence-corrected chi connectivity index (χ2v) is 13.0. The van der Waals surface area contributed by atoms with Gasteiger partial charge >= 0.3 is 0 Å². The van der Waals surface area contributed by atoms with Crippen LogP contribution in [0.1, 0.15) is 5.56 Å². The summed E-state index contributed by atoms with van der Waals surface area (Å²) in [5, 5.41) is 17.5. The van der Waals surface area contributed by atoms with Crippen LogP contribution >= 0.6 is 11.3 Å². The van der Waals surface area contributed by atoms with Gasteiger partial charge < -0.3 is 4.57 Å². The Morgan fingerprint density at radius 1 is 0.511 bits per heavy atom. The number of thiophene rings is 1. The number of rotatable bonds is 3. The van der Waals surface area contributed by atoms with Gasteiger partial charge in [-0.25, -0.2) is 4.98 Å². The number of aromatic nitrogens is 3. The number of nitriles is 1. The van der Waals surface area contributed by atoms with E-state index in [1.54, 1.807) is 0 Å². The minimum atomic E-state index is 0.620. The molecular weight excluding hydrogens is 593 g/mol. The third-order valence-electron chi connectivity index (χ3n) is 9.35. The normalized spacial score (nSPS) is 11.8. The number of pyridine rings is 1. The van der Waals surface area contributed by atoms with E-state index in [2.05, 4.69) is 137 Å². The van der Waals surface area contributed by atoms with Crippen LogP contribution in [-0.2, 0) is 0 Å². The molecule has 0 saturated carbocycles. The van der Waals surface area contributed by atoms with Crippen LogP contribution in [0.25, 0.3) is 86.4 Å². The van der Waals surface area contributed by atoms with Gasteiger partial charge in [0.1, 0.15) is 5.65 Å². The largest absolute Gasteiger partial charge is 0.309 e. The molecule has 6 aromatic carbocycles. The van der Waals surface area contributed by atoms with Crippen LogP contribution in [0.4, 0.5) is 0 Å². The first-order valence-electron chi connectivity index (χ1n) is 15.6. The Hall–Kier alpha value is -6.22. The van der Waals surface area contributed by atoms with Crippen LogP contribution in [0.5, 0.6) is 0 Å². The van der Waals surface area contributed by atoms with Crippen molar-refractivity contribution >= 4 is 75.3 Å². The van der Waals surface area contributed by atoms with Crippen LogP contribution in [0.2, 0.25) is 0 Å². The maximum atomic E-state index is 10.2. The summed E-state index contributed by atoms with van der Waals surface area (Å²) in [4.78, 5) is 4.92. The Morgan fingerprint density at radius 3 is 2.04 bits per heavy atom. The quantitative estimate of drug-likeness (QED) is 0.198. The summed E-state index contributed by atoms with van der Waals surface area (Å²) in [7, 11) is 0. The molecule has 0 amide bonds. The zero-order chi connectivity index (χ0) is 31.1. The third kappa shape index (κ3) is 3.77. The van der Waals surface area contributed by atoms with Crippen molar-refractivity contribution in [3.63, 3.8) is 0 Å². The number of para-hydroxylation sites is 2. The minimum Gasteiger partial charge on any atom is -0.309 e. The molecule has 0 unspecified atom stereocenters. The van der Waals surface area contributed by atoms with Gasteiger partial charge in [-0.3, -0.25) is 4.57 Å². The fourth-order valence-electron chi connectivity index (χ4n) is 7.41. The highest BCUT2D eigenvalue weighted by atomic mass is 32.1. The van der Waals surface area contributed by atoms with Crippen molar-refractivity contribution in [3.05, 3.63) is 151 Å². The highest BCUT2D eigenvalue weighted by Crippen LogP contribution is 2.43. The maximum Gasteiger partial charge on any atom is 0.145 e. The molecule has 10 aromatic rings. The number of fused-ring (bicyclic) bond motifs is 10. The van der Waals surface area contributed by atoms with Gasteiger partial charge in [-0.05, 0) is 83.9 Å². The third-order valence-corrected chi connectivity index (χ3v) is 10.5. The van der Waals surface area contributed by atoms with Gasteiger partial charge in [0.05, 0.1) is 28.2 Å². The Bertz CT molecular complexity index is 2880. The summed E-state index contributed by atoms with van der Waals surface area (Å²) in [5.74, 6) is 0. The van der Waals surface area contributed by atoms with E-state index in [9.17, 15) is 5.26 Å². The van der Waals surface area contributed by atoms with Crippen molar-refractivity contribution in [1.29, 1.82) is 5.26 Å². The molecule has 0 radical (unpaired) electrons. The molecule has 0 aliphatic carbocycles. The predicted octanol–water partition coefficient (Wildman–Crippen LogP) is 11.2. The molecule has 47 heavy (non-hydrogen) atoms. The van der Waals surface area contributed by atoms with Crippen molar-refractivity contribution in [1.82, 2.24) is 14.1 Å². The van der Waals surface area contributed by atoms with Crippen LogP contribution in [0, 0.1) is 11.3 Å². The highest BCUT2D eigenvalue weighted by Gasteiger charge is 2.19. The van der Waals surface area contributed by atoms with Crippen LogP contribution in [0.3, 0.4) is 0 Å². The van der Waals surface area contributed by atoms with E-state index in [0.29, 0.717) is 5.56 Å². The fourth-order valence-corrected chi connectivity index (χ4v) is 8.52. The molecule has 0 aliphatic rings. The topological polar surface area (TPSA) is 46.5 Å². The van der Waals surface area contributed by atoms with E-state index in [0.717, 1.165) is 50.1 Å². The molecule has 4 nitrogen and oxygen atoms in total. The summed E-state index contributed by atoms with van der Waals surface area (Å²) < 4.78 is 7.12. The van der Waals surface area contributed by atoms with Crippen molar-refractivity contribution in [2.75, 3.05) is 0 Å². The van der Waals surface area contributed by atoms with Gasteiger partial charge in [-0.15, -0.1) is 11.3 Å². The Balaban J connectivity index is 1.21. The highest BCUT2D eigenvalue weighted by molar-refractivity contribution is 7.26. The number of hydrogen-bond acceptors (Lipinski definition) is 3. The molecule has 0 N–H and O–H groups in total. The Kier molecular flexibility index (Phi) is 5.48. The lowest BCUT2D eigenvalue weighted by atomic mass is 10.0. The lowest BCUT2D eigenvalue weighted by Crippen LogP contribution is -1.97. The lowest BCUT2D eigenvalue weighted by Gasteiger charge is -2.13. The second kappa shape index (κ2) is 9.89.